The van der Waals surface area contributed by atoms with E-state index in [9.17, 15) is 13.6 Å². The van der Waals surface area contributed by atoms with Crippen molar-refractivity contribution in [3.63, 3.8) is 0 Å². The zero-order chi connectivity index (χ0) is 17.7. The molecule has 138 valence electrons. The standard InChI is InChI=1S/C15H18ClF2N5O.ClH/c1-2-5-12-21-13(14(24)20-9-15(17,18)8-19)22-23(12)11-7-4-3-6-10(11)16;/h3-4,6-7H,2,5,8-9,19H2,1H3,(H,20,24);1H. The van der Waals surface area contributed by atoms with Gasteiger partial charge in [0.25, 0.3) is 11.8 Å². The largest absolute Gasteiger partial charge is 0.343 e. The lowest BCUT2D eigenvalue weighted by molar-refractivity contribution is 0.0117. The molecule has 0 bridgehead atoms. The molecule has 3 N–H and O–H groups in total. The molecule has 0 unspecified atom stereocenters. The van der Waals surface area contributed by atoms with Crippen molar-refractivity contribution in [2.24, 2.45) is 5.73 Å². The lowest BCUT2D eigenvalue weighted by Gasteiger charge is -2.13. The molecular weight excluding hydrogens is 375 g/mol. The van der Waals surface area contributed by atoms with Gasteiger partial charge in [-0.2, -0.15) is 0 Å². The van der Waals surface area contributed by atoms with Crippen LogP contribution in [0.3, 0.4) is 0 Å². The Morgan fingerprint density at radius 2 is 2.08 bits per heavy atom. The fraction of sp³-hybridized carbons (Fsp3) is 0.400. The molecule has 6 nitrogen and oxygen atoms in total. The molecule has 2 aromatic rings. The van der Waals surface area contributed by atoms with Crippen LogP contribution in [-0.2, 0) is 6.42 Å². The Morgan fingerprint density at radius 1 is 1.40 bits per heavy atom. The van der Waals surface area contributed by atoms with Crippen molar-refractivity contribution in [3.05, 3.63) is 40.9 Å². The third-order valence-corrected chi connectivity index (χ3v) is 3.56. The minimum absolute atomic E-state index is 0. The number of para-hydroxylation sites is 1. The second-order valence-electron chi connectivity index (χ2n) is 5.21. The third kappa shape index (κ3) is 5.35. The summed E-state index contributed by atoms with van der Waals surface area (Å²) in [7, 11) is 0. The first-order valence-corrected chi connectivity index (χ1v) is 7.82. The van der Waals surface area contributed by atoms with Gasteiger partial charge in [-0.25, -0.2) is 18.4 Å². The molecule has 0 saturated heterocycles. The van der Waals surface area contributed by atoms with Gasteiger partial charge in [0.1, 0.15) is 5.82 Å². The highest BCUT2D eigenvalue weighted by Crippen LogP contribution is 2.21. The van der Waals surface area contributed by atoms with Crippen LogP contribution in [-0.4, -0.2) is 39.7 Å². The molecule has 0 atom stereocenters. The van der Waals surface area contributed by atoms with E-state index < -0.39 is 24.9 Å². The van der Waals surface area contributed by atoms with E-state index in [2.05, 4.69) is 15.4 Å². The lowest BCUT2D eigenvalue weighted by atomic mass is 10.3. The topological polar surface area (TPSA) is 85.8 Å². The van der Waals surface area contributed by atoms with Crippen LogP contribution in [0.15, 0.2) is 24.3 Å². The van der Waals surface area contributed by atoms with Gasteiger partial charge in [-0.05, 0) is 18.6 Å². The molecular formula is C15H19Cl2F2N5O. The van der Waals surface area contributed by atoms with Crippen LogP contribution in [0.4, 0.5) is 8.78 Å². The Bertz CT molecular complexity index is 724. The molecule has 1 aromatic heterocycles. The summed E-state index contributed by atoms with van der Waals surface area (Å²) in [5.74, 6) is -3.62. The van der Waals surface area contributed by atoms with Gasteiger partial charge in [-0.3, -0.25) is 4.79 Å². The number of halogens is 4. The summed E-state index contributed by atoms with van der Waals surface area (Å²) >= 11 is 6.16. The molecule has 0 aliphatic carbocycles. The molecule has 1 heterocycles. The van der Waals surface area contributed by atoms with Crippen molar-refractivity contribution < 1.29 is 13.6 Å². The predicted molar refractivity (Wildman–Crippen MR) is 93.9 cm³/mol. The first-order valence-electron chi connectivity index (χ1n) is 7.45. The summed E-state index contributed by atoms with van der Waals surface area (Å²) in [4.78, 5) is 16.2. The van der Waals surface area contributed by atoms with Crippen LogP contribution >= 0.6 is 24.0 Å². The number of hydrogen-bond donors (Lipinski definition) is 2. The van der Waals surface area contributed by atoms with Crippen LogP contribution in [0.5, 0.6) is 0 Å². The predicted octanol–water partition coefficient (Wildman–Crippen LogP) is 2.62. The lowest BCUT2D eigenvalue weighted by Crippen LogP contribution is -2.41. The van der Waals surface area contributed by atoms with Gasteiger partial charge in [0.2, 0.25) is 5.82 Å². The number of hydrogen-bond acceptors (Lipinski definition) is 4. The monoisotopic (exact) mass is 393 g/mol. The van der Waals surface area contributed by atoms with Gasteiger partial charge >= 0.3 is 0 Å². The Labute approximate surface area is 155 Å². The van der Waals surface area contributed by atoms with Crippen molar-refractivity contribution in [1.82, 2.24) is 20.1 Å². The summed E-state index contributed by atoms with van der Waals surface area (Å²) < 4.78 is 27.8. The highest BCUT2D eigenvalue weighted by molar-refractivity contribution is 6.32. The molecule has 0 aliphatic rings. The maximum absolute atomic E-state index is 13.1. The Balaban J connectivity index is 0.00000312. The number of rotatable bonds is 7. The first-order chi connectivity index (χ1) is 11.4. The number of aryl methyl sites for hydroxylation is 1. The number of carbonyl (C=O) groups is 1. The van der Waals surface area contributed by atoms with Gasteiger partial charge in [0.15, 0.2) is 0 Å². The SMILES string of the molecule is CCCc1nc(C(=O)NCC(F)(F)CN)nn1-c1ccccc1Cl.Cl. The normalized spacial score (nSPS) is 11.1. The quantitative estimate of drug-likeness (QED) is 0.756. The fourth-order valence-electron chi connectivity index (χ4n) is 2.00. The number of aromatic nitrogens is 3. The van der Waals surface area contributed by atoms with E-state index in [0.29, 0.717) is 23.0 Å². The molecule has 1 aromatic carbocycles. The van der Waals surface area contributed by atoms with Gasteiger partial charge < -0.3 is 11.1 Å². The zero-order valence-electron chi connectivity index (χ0n) is 13.5. The van der Waals surface area contributed by atoms with E-state index in [1.54, 1.807) is 24.3 Å². The van der Waals surface area contributed by atoms with Gasteiger partial charge in [-0.1, -0.05) is 30.7 Å². The first kappa shape index (κ1) is 21.3. The van der Waals surface area contributed by atoms with Crippen LogP contribution in [0.1, 0.15) is 29.8 Å². The average molecular weight is 394 g/mol. The maximum Gasteiger partial charge on any atom is 0.291 e. The van der Waals surface area contributed by atoms with Crippen LogP contribution in [0, 0.1) is 0 Å². The van der Waals surface area contributed by atoms with Gasteiger partial charge in [0, 0.05) is 6.42 Å². The van der Waals surface area contributed by atoms with Crippen LogP contribution in [0.2, 0.25) is 5.02 Å². The van der Waals surface area contributed by atoms with Crippen molar-refractivity contribution in [3.8, 4) is 5.69 Å². The van der Waals surface area contributed by atoms with Gasteiger partial charge in [0.05, 0.1) is 23.8 Å². The number of benzene rings is 1. The van der Waals surface area contributed by atoms with Crippen molar-refractivity contribution in [2.75, 3.05) is 13.1 Å². The fourth-order valence-corrected chi connectivity index (χ4v) is 2.22. The molecule has 0 fully saturated rings. The Morgan fingerprint density at radius 3 is 2.68 bits per heavy atom. The van der Waals surface area contributed by atoms with E-state index >= 15 is 0 Å². The number of nitrogens with two attached hydrogens (primary N) is 1. The molecule has 0 spiro atoms. The van der Waals surface area contributed by atoms with E-state index in [4.69, 9.17) is 17.3 Å². The van der Waals surface area contributed by atoms with Crippen molar-refractivity contribution in [2.45, 2.75) is 25.7 Å². The molecule has 10 heteroatoms. The van der Waals surface area contributed by atoms with Gasteiger partial charge in [-0.15, -0.1) is 17.5 Å². The number of carbonyl (C=O) groups excluding carboxylic acids is 1. The Kier molecular flexibility index (Phi) is 7.72. The zero-order valence-corrected chi connectivity index (χ0v) is 15.1. The summed E-state index contributed by atoms with van der Waals surface area (Å²) in [5.41, 5.74) is 5.51. The van der Waals surface area contributed by atoms with E-state index in [-0.39, 0.29) is 18.2 Å². The summed E-state index contributed by atoms with van der Waals surface area (Å²) in [6.45, 7) is 0.231. The molecule has 0 aliphatic heterocycles. The highest BCUT2D eigenvalue weighted by Gasteiger charge is 2.28. The Hall–Kier alpha value is -1.77. The van der Waals surface area contributed by atoms with Crippen molar-refractivity contribution in [1.29, 1.82) is 0 Å². The van der Waals surface area contributed by atoms with E-state index in [1.165, 1.54) is 4.68 Å². The minimum Gasteiger partial charge on any atom is -0.343 e. The van der Waals surface area contributed by atoms with E-state index in [0.717, 1.165) is 6.42 Å². The van der Waals surface area contributed by atoms with Crippen LogP contribution < -0.4 is 11.1 Å². The van der Waals surface area contributed by atoms with Crippen molar-refractivity contribution >= 4 is 29.9 Å². The van der Waals surface area contributed by atoms with Crippen LogP contribution in [0.25, 0.3) is 5.69 Å². The maximum atomic E-state index is 13.1. The third-order valence-electron chi connectivity index (χ3n) is 3.24. The smallest absolute Gasteiger partial charge is 0.291 e. The second-order valence-corrected chi connectivity index (χ2v) is 5.61. The molecule has 25 heavy (non-hydrogen) atoms. The summed E-state index contributed by atoms with van der Waals surface area (Å²) in [6.07, 6.45) is 1.33. The number of amides is 1. The second kappa shape index (κ2) is 9.07. The van der Waals surface area contributed by atoms with E-state index in [1.807, 2.05) is 6.92 Å². The average Bonchev–Trinajstić information content (AvgIpc) is 2.97. The number of nitrogens with one attached hydrogen (secondary N) is 1. The molecule has 2 rings (SSSR count). The minimum atomic E-state index is -3.17. The molecule has 1 amide bonds. The summed E-state index contributed by atoms with van der Waals surface area (Å²) in [6, 6.07) is 6.97. The number of alkyl halides is 2. The molecule has 0 radical (unpaired) electrons. The highest BCUT2D eigenvalue weighted by atomic mass is 35.5. The number of nitrogens with zero attached hydrogens (tertiary/aromatic N) is 3. The molecule has 0 saturated carbocycles. The summed E-state index contributed by atoms with van der Waals surface area (Å²) in [5, 5.41) is 6.66.